The number of hydrogen-bond acceptors (Lipinski definition) is 6. The van der Waals surface area contributed by atoms with E-state index < -0.39 is 35.2 Å². The van der Waals surface area contributed by atoms with Crippen molar-refractivity contribution in [2.75, 3.05) is 26.1 Å². The van der Waals surface area contributed by atoms with Gasteiger partial charge in [0.1, 0.15) is 17.1 Å². The number of benzene rings is 4. The van der Waals surface area contributed by atoms with Crippen LogP contribution >= 0.6 is 23.2 Å². The molecule has 0 aromatic heterocycles. The van der Waals surface area contributed by atoms with E-state index in [1.807, 2.05) is 24.3 Å². The van der Waals surface area contributed by atoms with Crippen molar-refractivity contribution in [3.8, 4) is 5.75 Å². The number of carbonyl (C=O) groups excluding carboxylic acids is 3. The first-order valence-corrected chi connectivity index (χ1v) is 16.3. The number of nitrogens with one attached hydrogen (secondary N) is 1. The number of likely N-dealkylation sites (tertiary alicyclic amines) is 2. The molecule has 3 aliphatic heterocycles. The summed E-state index contributed by atoms with van der Waals surface area (Å²) < 4.78 is 26.6. The van der Waals surface area contributed by atoms with E-state index in [2.05, 4.69) is 10.2 Å². The summed E-state index contributed by atoms with van der Waals surface area (Å²) in [5.41, 5.74) is 1.95. The van der Waals surface area contributed by atoms with Gasteiger partial charge in [-0.1, -0.05) is 65.7 Å². The minimum atomic E-state index is -1.47. The molecule has 0 radical (unpaired) electrons. The van der Waals surface area contributed by atoms with E-state index in [1.54, 1.807) is 66.6 Å². The Bertz CT molecular complexity index is 1940. The van der Waals surface area contributed by atoms with E-state index in [1.165, 1.54) is 13.2 Å². The van der Waals surface area contributed by atoms with Gasteiger partial charge in [0.25, 0.3) is 0 Å². The largest absolute Gasteiger partial charge is 0.497 e. The molecule has 4 aromatic carbocycles. The number of rotatable bonds is 7. The lowest BCUT2D eigenvalue weighted by Crippen LogP contribution is -2.52. The molecule has 4 atom stereocenters. The second-order valence-electron chi connectivity index (χ2n) is 12.3. The van der Waals surface area contributed by atoms with Gasteiger partial charge < -0.3 is 19.7 Å². The van der Waals surface area contributed by atoms with Crippen LogP contribution in [0.25, 0.3) is 0 Å². The minimum absolute atomic E-state index is 0.0917. The van der Waals surface area contributed by atoms with Gasteiger partial charge in [-0.2, -0.15) is 0 Å². The third kappa shape index (κ3) is 5.12. The molecule has 0 saturated carbocycles. The molecule has 8 nitrogen and oxygen atoms in total. The molecule has 1 N–H and O–H groups in total. The first-order chi connectivity index (χ1) is 23.2. The van der Waals surface area contributed by atoms with Crippen LogP contribution in [0.15, 0.2) is 84.9 Å². The molecule has 48 heavy (non-hydrogen) atoms. The number of halogens is 3. The second-order valence-corrected chi connectivity index (χ2v) is 13.2. The molecule has 7 rings (SSSR count). The van der Waals surface area contributed by atoms with Gasteiger partial charge in [0, 0.05) is 47.9 Å². The second kappa shape index (κ2) is 12.5. The highest BCUT2D eigenvalue weighted by molar-refractivity contribution is 6.31. The third-order valence-corrected chi connectivity index (χ3v) is 10.4. The lowest BCUT2D eigenvalue weighted by molar-refractivity contribution is -0.141. The summed E-state index contributed by atoms with van der Waals surface area (Å²) in [5, 5.41) is 3.38. The maximum atomic E-state index is 16.3. The molecule has 0 bridgehead atoms. The molecule has 2 saturated heterocycles. The summed E-state index contributed by atoms with van der Waals surface area (Å²) >= 11 is 12.8. The van der Waals surface area contributed by atoms with Crippen LogP contribution in [0.1, 0.15) is 45.0 Å². The maximum Gasteiger partial charge on any atom is 0.337 e. The van der Waals surface area contributed by atoms with Gasteiger partial charge in [0.15, 0.2) is 0 Å². The summed E-state index contributed by atoms with van der Waals surface area (Å²) in [6.45, 7) is 0.966. The molecule has 1 spiro atoms. The molecule has 0 unspecified atom stereocenters. The third-order valence-electron chi connectivity index (χ3n) is 9.91. The first kappa shape index (κ1) is 32.1. The van der Waals surface area contributed by atoms with Crippen LogP contribution in [-0.2, 0) is 33.0 Å². The summed E-state index contributed by atoms with van der Waals surface area (Å²) in [7, 11) is 2.91. The molecule has 2 fully saturated rings. The molecular weight excluding hydrogens is 656 g/mol. The number of hydrogen-bond donors (Lipinski definition) is 1. The van der Waals surface area contributed by atoms with Gasteiger partial charge in [-0.15, -0.1) is 0 Å². The quantitative estimate of drug-likeness (QED) is 0.215. The summed E-state index contributed by atoms with van der Waals surface area (Å²) in [6.07, 6.45) is 0.525. The monoisotopic (exact) mass is 687 g/mol. The normalized spacial score (nSPS) is 23.2. The van der Waals surface area contributed by atoms with Gasteiger partial charge in [0.2, 0.25) is 11.8 Å². The van der Waals surface area contributed by atoms with Crippen molar-refractivity contribution in [2.24, 2.45) is 5.92 Å². The Balaban J connectivity index is 1.39. The lowest BCUT2D eigenvalue weighted by Gasteiger charge is -2.40. The number of methoxy groups -OCH3 is 2. The fraction of sp³-hybridized carbons (Fsp3) is 0.270. The van der Waals surface area contributed by atoms with Crippen LogP contribution < -0.4 is 10.1 Å². The van der Waals surface area contributed by atoms with Crippen molar-refractivity contribution in [1.29, 1.82) is 0 Å². The molecular formula is C37H32Cl2FN3O5. The van der Waals surface area contributed by atoms with Crippen molar-refractivity contribution in [2.45, 2.75) is 37.0 Å². The zero-order valence-electron chi connectivity index (χ0n) is 26.2. The number of fused-ring (bicyclic) bond motifs is 3. The minimum Gasteiger partial charge on any atom is -0.497 e. The average molecular weight is 689 g/mol. The standard InChI is InChI=1S/C37H32Cl2FN3O5/c1-47-25-6-3-5-22(17-25)20-43-30-15-16-42(19-21-9-11-23(12-10-21)35(45)48-2)34(44)31(30)32(26-7-4-8-28(39)33(26)40)37(43)27-14-13-24(38)18-29(27)41-36(37)46/h3-14,17-18,30-32H,15-16,19-20H2,1-2H3,(H,41,46)/t30-,31+,32-,37+/m0/s1. The maximum absolute atomic E-state index is 16.3. The van der Waals surface area contributed by atoms with E-state index in [0.717, 1.165) is 11.1 Å². The Labute approximate surface area is 287 Å². The SMILES string of the molecule is COC(=O)c1ccc(CN2CC[C@H]3[C@@H](C2=O)[C@H](c2cccc(Cl)c2F)[C@]2(C(=O)Nc4cc(Cl)ccc42)N3Cc2cccc(OC)c2)cc1. The summed E-state index contributed by atoms with van der Waals surface area (Å²) in [5.74, 6) is -2.76. The highest BCUT2D eigenvalue weighted by Gasteiger charge is 2.69. The number of anilines is 1. The van der Waals surface area contributed by atoms with Gasteiger partial charge in [-0.05, 0) is 65.6 Å². The molecule has 2 amide bonds. The number of nitrogens with zero attached hydrogens (tertiary/aromatic N) is 2. The van der Waals surface area contributed by atoms with Crippen LogP contribution in [0.3, 0.4) is 0 Å². The molecule has 3 aliphatic rings. The Morgan fingerprint density at radius 2 is 1.73 bits per heavy atom. The molecule has 3 heterocycles. The highest BCUT2D eigenvalue weighted by Crippen LogP contribution is 2.62. The van der Waals surface area contributed by atoms with Crippen LogP contribution in [0.4, 0.5) is 10.1 Å². The van der Waals surface area contributed by atoms with E-state index >= 15 is 4.39 Å². The Morgan fingerprint density at radius 1 is 0.958 bits per heavy atom. The number of carbonyl (C=O) groups is 3. The van der Waals surface area contributed by atoms with Gasteiger partial charge in [0.05, 0.1) is 30.7 Å². The summed E-state index contributed by atoms with van der Waals surface area (Å²) in [4.78, 5) is 45.3. The lowest BCUT2D eigenvalue weighted by atomic mass is 9.70. The van der Waals surface area contributed by atoms with Crippen LogP contribution in [0.2, 0.25) is 10.0 Å². The van der Waals surface area contributed by atoms with E-state index in [9.17, 15) is 14.4 Å². The van der Waals surface area contributed by atoms with Crippen molar-refractivity contribution in [3.63, 3.8) is 0 Å². The zero-order chi connectivity index (χ0) is 33.7. The molecule has 246 valence electrons. The van der Waals surface area contributed by atoms with Crippen LogP contribution in [-0.4, -0.2) is 54.4 Å². The highest BCUT2D eigenvalue weighted by atomic mass is 35.5. The van der Waals surface area contributed by atoms with E-state index in [4.69, 9.17) is 32.7 Å². The van der Waals surface area contributed by atoms with Gasteiger partial charge in [-0.25, -0.2) is 9.18 Å². The number of amides is 2. The number of piperidine rings is 1. The van der Waals surface area contributed by atoms with E-state index in [-0.39, 0.29) is 35.5 Å². The Kier molecular flexibility index (Phi) is 8.39. The van der Waals surface area contributed by atoms with Gasteiger partial charge >= 0.3 is 5.97 Å². The molecule has 4 aromatic rings. The topological polar surface area (TPSA) is 88.2 Å². The predicted octanol–water partition coefficient (Wildman–Crippen LogP) is 6.79. The first-order valence-electron chi connectivity index (χ1n) is 15.6. The van der Waals surface area contributed by atoms with Gasteiger partial charge in [-0.3, -0.25) is 14.5 Å². The van der Waals surface area contributed by atoms with E-state index in [0.29, 0.717) is 40.6 Å². The number of esters is 1. The van der Waals surface area contributed by atoms with Crippen LogP contribution in [0.5, 0.6) is 5.75 Å². The Morgan fingerprint density at radius 3 is 2.48 bits per heavy atom. The summed E-state index contributed by atoms with van der Waals surface area (Å²) in [6, 6.07) is 24.0. The molecule has 0 aliphatic carbocycles. The predicted molar refractivity (Wildman–Crippen MR) is 180 cm³/mol. The van der Waals surface area contributed by atoms with Crippen LogP contribution in [0, 0.1) is 11.7 Å². The fourth-order valence-corrected chi connectivity index (χ4v) is 8.24. The van der Waals surface area contributed by atoms with Crippen molar-refractivity contribution in [1.82, 2.24) is 9.80 Å². The van der Waals surface area contributed by atoms with Crippen molar-refractivity contribution in [3.05, 3.63) is 129 Å². The van der Waals surface area contributed by atoms with Crippen molar-refractivity contribution >= 4 is 46.7 Å². The fourth-order valence-electron chi connectivity index (χ4n) is 7.88. The average Bonchev–Trinajstić information content (AvgIpc) is 3.54. The van der Waals surface area contributed by atoms with Crippen molar-refractivity contribution < 1.29 is 28.2 Å². The molecule has 11 heteroatoms. The smallest absolute Gasteiger partial charge is 0.337 e. The number of ether oxygens (including phenoxy) is 2. The zero-order valence-corrected chi connectivity index (χ0v) is 27.7. The Hall–Kier alpha value is -4.44.